The Hall–Kier alpha value is -1.58. The van der Waals surface area contributed by atoms with Crippen LogP contribution in [0.15, 0.2) is 30.3 Å². The molecule has 21 heavy (non-hydrogen) atoms. The second-order valence-corrected chi connectivity index (χ2v) is 5.75. The highest BCUT2D eigenvalue weighted by atomic mass is 35.5. The molecule has 0 unspecified atom stereocenters. The van der Waals surface area contributed by atoms with Gasteiger partial charge in [0.15, 0.2) is 5.78 Å². The third-order valence-corrected chi connectivity index (χ3v) is 3.86. The Labute approximate surface area is 131 Å². The van der Waals surface area contributed by atoms with E-state index < -0.39 is 5.82 Å². The Morgan fingerprint density at radius 2 is 2.00 bits per heavy atom. The van der Waals surface area contributed by atoms with Crippen molar-refractivity contribution in [3.8, 4) is 5.75 Å². The van der Waals surface area contributed by atoms with Gasteiger partial charge in [-0.1, -0.05) is 23.2 Å². The van der Waals surface area contributed by atoms with E-state index in [4.69, 9.17) is 27.9 Å². The van der Waals surface area contributed by atoms with Crippen molar-refractivity contribution in [2.45, 2.75) is 12.8 Å². The molecular formula is C16H11Cl2FO2. The zero-order valence-electron chi connectivity index (χ0n) is 11.0. The molecule has 2 nitrogen and oxygen atoms in total. The molecule has 0 aliphatic carbocycles. The van der Waals surface area contributed by atoms with E-state index in [0.717, 1.165) is 18.1 Å². The van der Waals surface area contributed by atoms with Crippen LogP contribution in [-0.4, -0.2) is 12.4 Å². The summed E-state index contributed by atoms with van der Waals surface area (Å²) < 4.78 is 19.3. The van der Waals surface area contributed by atoms with E-state index in [9.17, 15) is 9.18 Å². The van der Waals surface area contributed by atoms with E-state index in [-0.39, 0.29) is 22.8 Å². The van der Waals surface area contributed by atoms with Gasteiger partial charge in [0.05, 0.1) is 12.2 Å². The highest BCUT2D eigenvalue weighted by molar-refractivity contribution is 6.31. The largest absolute Gasteiger partial charge is 0.493 e. The quantitative estimate of drug-likeness (QED) is 0.777. The third-order valence-electron chi connectivity index (χ3n) is 3.41. The third kappa shape index (κ3) is 2.89. The molecule has 0 atom stereocenters. The lowest BCUT2D eigenvalue weighted by Gasteiger charge is -2.09. The number of Topliss-reactive ketones (excluding diaryl/α,β-unsaturated/α-hetero) is 1. The standard InChI is InChI=1S/C16H11Cl2FO2/c17-11-1-2-13(14(19)8-11)15(20)7-10-6-12(18)5-9-3-4-21-16(9)10/h1-2,5-6,8H,3-4,7H2. The Balaban J connectivity index is 1.92. The molecule has 0 bridgehead atoms. The maximum atomic E-state index is 13.8. The Morgan fingerprint density at radius 1 is 1.19 bits per heavy atom. The fourth-order valence-electron chi connectivity index (χ4n) is 2.46. The zero-order chi connectivity index (χ0) is 15.0. The summed E-state index contributed by atoms with van der Waals surface area (Å²) in [7, 11) is 0. The summed E-state index contributed by atoms with van der Waals surface area (Å²) in [5, 5.41) is 0.814. The first kappa shape index (κ1) is 14.4. The molecule has 0 saturated heterocycles. The van der Waals surface area contributed by atoms with Gasteiger partial charge in [-0.25, -0.2) is 4.39 Å². The van der Waals surface area contributed by atoms with Crippen LogP contribution in [0.5, 0.6) is 5.75 Å². The van der Waals surface area contributed by atoms with Crippen molar-refractivity contribution in [3.05, 3.63) is 62.9 Å². The van der Waals surface area contributed by atoms with Gasteiger partial charge in [0.25, 0.3) is 0 Å². The number of rotatable bonds is 3. The van der Waals surface area contributed by atoms with Crippen molar-refractivity contribution in [2.75, 3.05) is 6.61 Å². The lowest BCUT2D eigenvalue weighted by atomic mass is 9.99. The van der Waals surface area contributed by atoms with Crippen LogP contribution >= 0.6 is 23.2 Å². The Morgan fingerprint density at radius 3 is 2.76 bits per heavy atom. The minimum atomic E-state index is -0.618. The van der Waals surface area contributed by atoms with E-state index >= 15 is 0 Å². The molecular weight excluding hydrogens is 314 g/mol. The number of benzene rings is 2. The molecule has 1 aliphatic rings. The van der Waals surface area contributed by atoms with Crippen LogP contribution in [0.4, 0.5) is 4.39 Å². The van der Waals surface area contributed by atoms with E-state index in [1.54, 1.807) is 6.07 Å². The van der Waals surface area contributed by atoms with Crippen LogP contribution in [0.1, 0.15) is 21.5 Å². The maximum Gasteiger partial charge on any atom is 0.170 e. The Bertz CT molecular complexity index is 728. The molecule has 0 aromatic heterocycles. The first-order valence-corrected chi connectivity index (χ1v) is 7.22. The molecule has 0 N–H and O–H groups in total. The average Bonchev–Trinajstić information content (AvgIpc) is 2.86. The van der Waals surface area contributed by atoms with E-state index in [0.29, 0.717) is 22.9 Å². The zero-order valence-corrected chi connectivity index (χ0v) is 12.5. The van der Waals surface area contributed by atoms with Crippen molar-refractivity contribution in [3.63, 3.8) is 0 Å². The number of fused-ring (bicyclic) bond motifs is 1. The molecule has 2 aromatic rings. The molecule has 0 amide bonds. The summed E-state index contributed by atoms with van der Waals surface area (Å²) in [6, 6.07) is 7.55. The average molecular weight is 325 g/mol. The van der Waals surface area contributed by atoms with E-state index in [2.05, 4.69) is 0 Å². The van der Waals surface area contributed by atoms with Gasteiger partial charge < -0.3 is 4.74 Å². The fourth-order valence-corrected chi connectivity index (χ4v) is 2.88. The van der Waals surface area contributed by atoms with Gasteiger partial charge in [-0.15, -0.1) is 0 Å². The summed E-state index contributed by atoms with van der Waals surface area (Å²) in [5.41, 5.74) is 1.70. The predicted molar refractivity (Wildman–Crippen MR) is 80.1 cm³/mol. The van der Waals surface area contributed by atoms with Gasteiger partial charge in [-0.2, -0.15) is 0 Å². The van der Waals surface area contributed by atoms with Gasteiger partial charge in [-0.05, 0) is 35.9 Å². The maximum absolute atomic E-state index is 13.8. The van der Waals surface area contributed by atoms with Crippen LogP contribution < -0.4 is 4.74 Å². The van der Waals surface area contributed by atoms with Crippen molar-refractivity contribution in [2.24, 2.45) is 0 Å². The summed E-state index contributed by atoms with van der Waals surface area (Å²) in [4.78, 5) is 12.3. The number of ketones is 1. The minimum absolute atomic E-state index is 0.0196. The lowest BCUT2D eigenvalue weighted by Crippen LogP contribution is -2.07. The van der Waals surface area contributed by atoms with Crippen LogP contribution in [0, 0.1) is 5.82 Å². The molecule has 2 aromatic carbocycles. The Kier molecular flexibility index (Phi) is 3.87. The predicted octanol–water partition coefficient (Wildman–Crippen LogP) is 4.49. The molecule has 5 heteroatoms. The van der Waals surface area contributed by atoms with E-state index in [1.807, 2.05) is 6.07 Å². The van der Waals surface area contributed by atoms with Crippen molar-refractivity contribution in [1.82, 2.24) is 0 Å². The molecule has 3 rings (SSSR count). The highest BCUT2D eigenvalue weighted by Crippen LogP contribution is 2.33. The van der Waals surface area contributed by atoms with Gasteiger partial charge >= 0.3 is 0 Å². The normalized spacial score (nSPS) is 12.9. The number of hydrogen-bond donors (Lipinski definition) is 0. The van der Waals surface area contributed by atoms with Crippen LogP contribution in [0.25, 0.3) is 0 Å². The van der Waals surface area contributed by atoms with Gasteiger partial charge in [-0.3, -0.25) is 4.79 Å². The molecule has 1 heterocycles. The summed E-state index contributed by atoms with van der Waals surface area (Å²) in [5.74, 6) is -0.252. The van der Waals surface area contributed by atoms with Crippen molar-refractivity contribution in [1.29, 1.82) is 0 Å². The van der Waals surface area contributed by atoms with Gasteiger partial charge in [0.1, 0.15) is 11.6 Å². The van der Waals surface area contributed by atoms with Gasteiger partial charge in [0, 0.05) is 28.5 Å². The summed E-state index contributed by atoms with van der Waals surface area (Å²) >= 11 is 11.7. The number of ether oxygens (including phenoxy) is 1. The topological polar surface area (TPSA) is 26.3 Å². The molecule has 0 spiro atoms. The number of carbonyl (C=O) groups excluding carboxylic acids is 1. The summed E-state index contributed by atoms with van der Waals surface area (Å²) in [6.45, 7) is 0.576. The highest BCUT2D eigenvalue weighted by Gasteiger charge is 2.21. The molecule has 1 aliphatic heterocycles. The van der Waals surface area contributed by atoms with Crippen LogP contribution in [0.2, 0.25) is 10.0 Å². The smallest absolute Gasteiger partial charge is 0.170 e. The minimum Gasteiger partial charge on any atom is -0.493 e. The second-order valence-electron chi connectivity index (χ2n) is 4.88. The monoisotopic (exact) mass is 324 g/mol. The second kappa shape index (κ2) is 5.66. The lowest BCUT2D eigenvalue weighted by molar-refractivity contribution is 0.0988. The first-order chi connectivity index (χ1) is 10.0. The van der Waals surface area contributed by atoms with Crippen LogP contribution in [0.3, 0.4) is 0 Å². The number of carbonyl (C=O) groups is 1. The number of hydrogen-bond acceptors (Lipinski definition) is 2. The molecule has 0 radical (unpaired) electrons. The summed E-state index contributed by atoms with van der Waals surface area (Å²) in [6.07, 6.45) is 0.813. The first-order valence-electron chi connectivity index (χ1n) is 6.47. The van der Waals surface area contributed by atoms with Crippen molar-refractivity contribution >= 4 is 29.0 Å². The molecule has 0 saturated carbocycles. The molecule has 0 fully saturated rings. The van der Waals surface area contributed by atoms with Gasteiger partial charge in [0.2, 0.25) is 0 Å². The number of halogens is 3. The van der Waals surface area contributed by atoms with Crippen LogP contribution in [-0.2, 0) is 12.8 Å². The SMILES string of the molecule is O=C(Cc1cc(Cl)cc2c1OCC2)c1ccc(Cl)cc1F. The van der Waals surface area contributed by atoms with E-state index in [1.165, 1.54) is 12.1 Å². The molecule has 108 valence electrons. The fraction of sp³-hybridized carbons (Fsp3) is 0.188. The van der Waals surface area contributed by atoms with Crippen molar-refractivity contribution < 1.29 is 13.9 Å².